The third kappa shape index (κ3) is 3.46. The largest absolute Gasteiger partial charge is 0.489 e. The first-order valence-corrected chi connectivity index (χ1v) is 10.2. The van der Waals surface area contributed by atoms with Gasteiger partial charge in [-0.3, -0.25) is 0 Å². The Morgan fingerprint density at radius 1 is 0.821 bits per heavy atom. The first-order chi connectivity index (χ1) is 13.7. The number of aryl methyl sites for hydroxylation is 1. The smallest absolute Gasteiger partial charge is 0.119 e. The summed E-state index contributed by atoms with van der Waals surface area (Å²) in [6.45, 7) is 2.47. The van der Waals surface area contributed by atoms with E-state index in [0.717, 1.165) is 12.2 Å². The van der Waals surface area contributed by atoms with Crippen molar-refractivity contribution < 1.29 is 4.74 Å². The molecule has 28 heavy (non-hydrogen) atoms. The van der Waals surface area contributed by atoms with Gasteiger partial charge in [-0.05, 0) is 63.7 Å². The molecule has 0 fully saturated rings. The number of hydrogen-bond acceptors (Lipinski definition) is 2. The summed E-state index contributed by atoms with van der Waals surface area (Å²) < 4.78 is 5.84. The molecule has 4 aromatic rings. The summed E-state index contributed by atoms with van der Waals surface area (Å²) in [5.74, 6) is 1.43. The van der Waals surface area contributed by atoms with Crippen molar-refractivity contribution in [3.8, 4) is 16.9 Å². The van der Waals surface area contributed by atoms with E-state index >= 15 is 0 Å². The van der Waals surface area contributed by atoms with Gasteiger partial charge in [0, 0.05) is 12.4 Å². The lowest BCUT2D eigenvalue weighted by Crippen LogP contribution is -2.22. The van der Waals surface area contributed by atoms with Crippen LogP contribution in [0.1, 0.15) is 12.5 Å². The minimum Gasteiger partial charge on any atom is -0.489 e. The molecule has 2 N–H and O–H groups in total. The van der Waals surface area contributed by atoms with Crippen molar-refractivity contribution >= 4 is 33.1 Å². The highest BCUT2D eigenvalue weighted by molar-refractivity contribution is 6.19. The van der Waals surface area contributed by atoms with Gasteiger partial charge in [0.25, 0.3) is 0 Å². The van der Waals surface area contributed by atoms with Crippen LogP contribution in [0.15, 0.2) is 72.8 Å². The van der Waals surface area contributed by atoms with Gasteiger partial charge in [-0.1, -0.05) is 60.7 Å². The Morgan fingerprint density at radius 2 is 1.39 bits per heavy atom. The number of benzene rings is 4. The maximum absolute atomic E-state index is 6.21. The van der Waals surface area contributed by atoms with Crippen LogP contribution in [0.2, 0.25) is 0 Å². The van der Waals surface area contributed by atoms with Gasteiger partial charge in [-0.15, -0.1) is 11.6 Å². The van der Waals surface area contributed by atoms with Crippen molar-refractivity contribution in [2.24, 2.45) is 5.73 Å². The molecule has 0 saturated carbocycles. The second-order valence-corrected chi connectivity index (χ2v) is 7.45. The van der Waals surface area contributed by atoms with Crippen molar-refractivity contribution in [1.82, 2.24) is 0 Å². The number of ether oxygens (including phenoxy) is 1. The summed E-state index contributed by atoms with van der Waals surface area (Å²) in [4.78, 5) is 0. The zero-order valence-electron chi connectivity index (χ0n) is 16.0. The maximum Gasteiger partial charge on any atom is 0.119 e. The molecule has 0 radical (unpaired) electrons. The van der Waals surface area contributed by atoms with E-state index in [1.54, 1.807) is 0 Å². The predicted octanol–water partition coefficient (Wildman–Crippen LogP) is 6.17. The second-order valence-electron chi connectivity index (χ2n) is 7.07. The SMILES string of the molecule is CC(CN)Oc1ccc(-c2c(CCCl)c3ccccc3c3ccccc23)cc1. The van der Waals surface area contributed by atoms with Crippen molar-refractivity contribution in [3.05, 3.63) is 78.4 Å². The molecule has 3 heteroatoms. The Labute approximate surface area is 170 Å². The van der Waals surface area contributed by atoms with E-state index in [9.17, 15) is 0 Å². The Hall–Kier alpha value is -2.55. The van der Waals surface area contributed by atoms with Gasteiger partial charge in [-0.2, -0.15) is 0 Å². The van der Waals surface area contributed by atoms with Gasteiger partial charge < -0.3 is 10.5 Å². The summed E-state index contributed by atoms with van der Waals surface area (Å²) in [5, 5.41) is 5.07. The van der Waals surface area contributed by atoms with E-state index in [1.807, 2.05) is 19.1 Å². The van der Waals surface area contributed by atoms with Crippen molar-refractivity contribution in [3.63, 3.8) is 0 Å². The minimum absolute atomic E-state index is 0.000779. The Morgan fingerprint density at radius 3 is 2.00 bits per heavy atom. The highest BCUT2D eigenvalue weighted by Crippen LogP contribution is 2.39. The molecular formula is C25H24ClNO. The molecule has 0 amide bonds. The molecule has 0 heterocycles. The van der Waals surface area contributed by atoms with E-state index in [1.165, 1.54) is 38.2 Å². The summed E-state index contributed by atoms with van der Waals surface area (Å²) in [6.07, 6.45) is 0.823. The van der Waals surface area contributed by atoms with Crippen LogP contribution < -0.4 is 10.5 Å². The zero-order valence-corrected chi connectivity index (χ0v) is 16.7. The average molecular weight is 390 g/mol. The van der Waals surface area contributed by atoms with Gasteiger partial charge in [0.05, 0.1) is 0 Å². The number of rotatable bonds is 6. The van der Waals surface area contributed by atoms with Crippen LogP contribution in [0.3, 0.4) is 0 Å². The molecule has 1 unspecified atom stereocenters. The van der Waals surface area contributed by atoms with Gasteiger partial charge >= 0.3 is 0 Å². The number of nitrogens with two attached hydrogens (primary N) is 1. The van der Waals surface area contributed by atoms with Crippen molar-refractivity contribution in [2.45, 2.75) is 19.4 Å². The fourth-order valence-electron chi connectivity index (χ4n) is 3.88. The minimum atomic E-state index is -0.000779. The summed E-state index contributed by atoms with van der Waals surface area (Å²) in [6, 6.07) is 25.5. The van der Waals surface area contributed by atoms with Gasteiger partial charge in [0.1, 0.15) is 11.9 Å². The number of halogens is 1. The van der Waals surface area contributed by atoms with Crippen LogP contribution in [-0.4, -0.2) is 18.5 Å². The molecule has 0 aromatic heterocycles. The van der Waals surface area contributed by atoms with Crippen molar-refractivity contribution in [2.75, 3.05) is 12.4 Å². The third-order valence-electron chi connectivity index (χ3n) is 5.20. The third-order valence-corrected chi connectivity index (χ3v) is 5.39. The van der Waals surface area contributed by atoms with Gasteiger partial charge in [-0.25, -0.2) is 0 Å². The first-order valence-electron chi connectivity index (χ1n) is 9.68. The lowest BCUT2D eigenvalue weighted by Gasteiger charge is -2.18. The molecule has 0 aliphatic heterocycles. The molecule has 0 spiro atoms. The second kappa shape index (κ2) is 8.22. The van der Waals surface area contributed by atoms with Crippen LogP contribution in [0.4, 0.5) is 0 Å². The van der Waals surface area contributed by atoms with Crippen LogP contribution in [0, 0.1) is 0 Å². The van der Waals surface area contributed by atoms with E-state index in [0.29, 0.717) is 12.4 Å². The predicted molar refractivity (Wildman–Crippen MR) is 120 cm³/mol. The van der Waals surface area contributed by atoms with Crippen molar-refractivity contribution in [1.29, 1.82) is 0 Å². The molecule has 0 aliphatic rings. The molecule has 1 atom stereocenters. The fourth-order valence-corrected chi connectivity index (χ4v) is 4.07. The Balaban J connectivity index is 1.95. The summed E-state index contributed by atoms with van der Waals surface area (Å²) >= 11 is 6.21. The highest BCUT2D eigenvalue weighted by atomic mass is 35.5. The fraction of sp³-hybridized carbons (Fsp3) is 0.200. The summed E-state index contributed by atoms with van der Waals surface area (Å²) in [5.41, 5.74) is 9.40. The molecule has 142 valence electrons. The van der Waals surface area contributed by atoms with Crippen LogP contribution >= 0.6 is 11.6 Å². The van der Waals surface area contributed by atoms with Gasteiger partial charge in [0.15, 0.2) is 0 Å². The monoisotopic (exact) mass is 389 g/mol. The Bertz CT molecular complexity index is 1100. The van der Waals surface area contributed by atoms with Gasteiger partial charge in [0.2, 0.25) is 0 Å². The number of fused-ring (bicyclic) bond motifs is 3. The quantitative estimate of drug-likeness (QED) is 0.316. The Kier molecular flexibility index (Phi) is 5.52. The first kappa shape index (κ1) is 18.8. The van der Waals surface area contributed by atoms with Crippen LogP contribution in [-0.2, 0) is 6.42 Å². The van der Waals surface area contributed by atoms with E-state index in [-0.39, 0.29) is 6.10 Å². The molecular weight excluding hydrogens is 366 g/mol. The van der Waals surface area contributed by atoms with E-state index in [2.05, 4.69) is 60.7 Å². The van der Waals surface area contributed by atoms with E-state index in [4.69, 9.17) is 22.1 Å². The number of alkyl halides is 1. The van der Waals surface area contributed by atoms with Crippen LogP contribution in [0.25, 0.3) is 32.7 Å². The average Bonchev–Trinajstić information content (AvgIpc) is 2.75. The van der Waals surface area contributed by atoms with E-state index < -0.39 is 0 Å². The molecule has 0 aliphatic carbocycles. The molecule has 4 aromatic carbocycles. The van der Waals surface area contributed by atoms with Crippen LogP contribution in [0.5, 0.6) is 5.75 Å². The highest BCUT2D eigenvalue weighted by Gasteiger charge is 2.15. The summed E-state index contributed by atoms with van der Waals surface area (Å²) in [7, 11) is 0. The molecule has 2 nitrogen and oxygen atoms in total. The lowest BCUT2D eigenvalue weighted by molar-refractivity contribution is 0.230. The normalized spacial score (nSPS) is 12.4. The molecule has 0 saturated heterocycles. The molecule has 4 rings (SSSR count). The zero-order chi connectivity index (χ0) is 19.5. The molecule has 0 bridgehead atoms. The topological polar surface area (TPSA) is 35.2 Å². The maximum atomic E-state index is 6.21. The number of hydrogen-bond donors (Lipinski definition) is 1. The lowest BCUT2D eigenvalue weighted by atomic mass is 9.87. The standard InChI is InChI=1S/C25H24ClNO/c1-17(16-27)28-19-12-10-18(11-13-19)25-23-9-5-4-7-21(23)20-6-2-3-8-22(20)24(25)14-15-26/h2-13,17H,14-16,27H2,1H3.